The maximum Gasteiger partial charge on any atom is 0.226 e. The van der Waals surface area contributed by atoms with E-state index in [4.69, 9.17) is 10.5 Å². The summed E-state index contributed by atoms with van der Waals surface area (Å²) in [6, 6.07) is 7.90. The fraction of sp³-hybridized carbons (Fsp3) is 0.316. The summed E-state index contributed by atoms with van der Waals surface area (Å²) >= 11 is 0. The number of rotatable bonds is 4. The van der Waals surface area contributed by atoms with Crippen LogP contribution in [0, 0.1) is 5.92 Å². The van der Waals surface area contributed by atoms with Gasteiger partial charge in [-0.05, 0) is 43.0 Å². The molecule has 3 N–H and O–H groups in total. The number of carbonyl (C=O) groups is 1. The highest BCUT2D eigenvalue weighted by molar-refractivity contribution is 5.87. The summed E-state index contributed by atoms with van der Waals surface area (Å²) < 4.78 is 5.40. The zero-order chi connectivity index (χ0) is 17.2. The number of nitrogens with two attached hydrogens (primary N) is 1. The highest BCUT2D eigenvalue weighted by Crippen LogP contribution is 2.33. The van der Waals surface area contributed by atoms with E-state index < -0.39 is 0 Å². The highest BCUT2D eigenvalue weighted by Gasteiger charge is 2.31. The van der Waals surface area contributed by atoms with Crippen LogP contribution >= 0.6 is 0 Å². The fourth-order valence-corrected chi connectivity index (χ4v) is 3.57. The summed E-state index contributed by atoms with van der Waals surface area (Å²) in [7, 11) is 0. The zero-order valence-corrected chi connectivity index (χ0v) is 13.8. The van der Waals surface area contributed by atoms with Crippen molar-refractivity contribution in [2.45, 2.75) is 18.8 Å². The van der Waals surface area contributed by atoms with Crippen molar-refractivity contribution in [3.8, 4) is 11.3 Å². The van der Waals surface area contributed by atoms with E-state index in [1.54, 1.807) is 18.6 Å². The van der Waals surface area contributed by atoms with Crippen molar-refractivity contribution in [1.29, 1.82) is 0 Å². The Morgan fingerprint density at radius 1 is 1.24 bits per heavy atom. The summed E-state index contributed by atoms with van der Waals surface area (Å²) in [6.45, 7) is 1.34. The van der Waals surface area contributed by atoms with Gasteiger partial charge in [0.05, 0.1) is 11.6 Å². The van der Waals surface area contributed by atoms with Crippen LogP contribution in [-0.2, 0) is 9.53 Å². The first kappa shape index (κ1) is 15.8. The van der Waals surface area contributed by atoms with Crippen molar-refractivity contribution in [3.63, 3.8) is 0 Å². The van der Waals surface area contributed by atoms with E-state index in [0.717, 1.165) is 40.7 Å². The van der Waals surface area contributed by atoms with Gasteiger partial charge in [-0.25, -0.2) is 0 Å². The molecule has 4 heterocycles. The van der Waals surface area contributed by atoms with Crippen LogP contribution in [0.15, 0.2) is 42.9 Å². The van der Waals surface area contributed by atoms with Gasteiger partial charge in [0.15, 0.2) is 0 Å². The Kier molecular flexibility index (Phi) is 4.19. The van der Waals surface area contributed by atoms with E-state index in [0.29, 0.717) is 13.2 Å². The van der Waals surface area contributed by atoms with Crippen molar-refractivity contribution < 1.29 is 9.53 Å². The third-order valence-electron chi connectivity index (χ3n) is 4.88. The molecule has 1 amide bonds. The van der Waals surface area contributed by atoms with Crippen LogP contribution in [0.4, 0.5) is 0 Å². The summed E-state index contributed by atoms with van der Waals surface area (Å²) in [5, 5.41) is 1.01. The quantitative estimate of drug-likeness (QED) is 0.766. The minimum atomic E-state index is -0.374. The SMILES string of the molecule is NC(=O)C(c1cc2[nH]c(-c3ccncc3)cc2cn1)C1CCOCC1. The molecule has 3 aromatic rings. The second kappa shape index (κ2) is 6.64. The standard InChI is InChI=1S/C19H20N4O2/c20-19(24)18(13-3-7-25-8-4-13)17-10-16-14(11-22-17)9-15(23-16)12-1-5-21-6-2-12/h1-2,5-6,9-11,13,18,23H,3-4,7-8H2,(H2,20,24). The Morgan fingerprint density at radius 2 is 2.00 bits per heavy atom. The van der Waals surface area contributed by atoms with Gasteiger partial charge < -0.3 is 15.5 Å². The number of primary amides is 1. The maximum absolute atomic E-state index is 12.1. The first-order chi connectivity index (χ1) is 12.2. The molecule has 0 radical (unpaired) electrons. The lowest BCUT2D eigenvalue weighted by molar-refractivity contribution is -0.121. The van der Waals surface area contributed by atoms with Crippen LogP contribution in [0.2, 0.25) is 0 Å². The molecule has 0 saturated carbocycles. The minimum absolute atomic E-state index is 0.186. The maximum atomic E-state index is 12.1. The van der Waals surface area contributed by atoms with Crippen molar-refractivity contribution in [2.24, 2.45) is 11.7 Å². The van der Waals surface area contributed by atoms with E-state index in [2.05, 4.69) is 21.0 Å². The fourth-order valence-electron chi connectivity index (χ4n) is 3.57. The van der Waals surface area contributed by atoms with Gasteiger partial charge in [-0.2, -0.15) is 0 Å². The number of H-pyrrole nitrogens is 1. The average molecular weight is 336 g/mol. The van der Waals surface area contributed by atoms with E-state index in [1.165, 1.54) is 0 Å². The Morgan fingerprint density at radius 3 is 2.72 bits per heavy atom. The number of carbonyl (C=O) groups excluding carboxylic acids is 1. The first-order valence-electron chi connectivity index (χ1n) is 8.48. The average Bonchev–Trinajstić information content (AvgIpc) is 3.07. The normalized spacial score (nSPS) is 16.8. The predicted octanol–water partition coefficient (Wildman–Crippen LogP) is 2.62. The molecular formula is C19H20N4O2. The molecule has 1 aliphatic rings. The number of aromatic nitrogens is 3. The number of amides is 1. The Bertz CT molecular complexity index is 885. The molecule has 0 spiro atoms. The van der Waals surface area contributed by atoms with Gasteiger partial charge in [0.25, 0.3) is 0 Å². The van der Waals surface area contributed by atoms with Gasteiger partial charge in [-0.3, -0.25) is 14.8 Å². The number of ether oxygens (including phenoxy) is 1. The van der Waals surface area contributed by atoms with Gasteiger partial charge in [0.1, 0.15) is 0 Å². The smallest absolute Gasteiger partial charge is 0.226 e. The molecule has 1 aliphatic heterocycles. The van der Waals surface area contributed by atoms with Crippen LogP contribution in [0.25, 0.3) is 22.2 Å². The summed E-state index contributed by atoms with van der Waals surface area (Å²) in [6.07, 6.45) is 7.00. The number of fused-ring (bicyclic) bond motifs is 1. The molecule has 4 rings (SSSR count). The molecule has 1 unspecified atom stereocenters. The van der Waals surface area contributed by atoms with E-state index in [-0.39, 0.29) is 17.7 Å². The molecule has 0 aromatic carbocycles. The monoisotopic (exact) mass is 336 g/mol. The predicted molar refractivity (Wildman–Crippen MR) is 94.8 cm³/mol. The second-order valence-electron chi connectivity index (χ2n) is 6.45. The summed E-state index contributed by atoms with van der Waals surface area (Å²) in [5.41, 5.74) is 9.45. The van der Waals surface area contributed by atoms with Crippen LogP contribution in [0.5, 0.6) is 0 Å². The number of hydrogen-bond acceptors (Lipinski definition) is 4. The molecule has 6 heteroatoms. The second-order valence-corrected chi connectivity index (χ2v) is 6.45. The number of nitrogens with one attached hydrogen (secondary N) is 1. The van der Waals surface area contributed by atoms with Gasteiger partial charge in [0, 0.05) is 54.0 Å². The van der Waals surface area contributed by atoms with Gasteiger partial charge >= 0.3 is 0 Å². The molecular weight excluding hydrogens is 316 g/mol. The summed E-state index contributed by atoms with van der Waals surface area (Å²) in [5.74, 6) is -0.508. The van der Waals surface area contributed by atoms with Gasteiger partial charge in [-0.1, -0.05) is 0 Å². The number of hydrogen-bond donors (Lipinski definition) is 2. The molecule has 128 valence electrons. The third-order valence-corrected chi connectivity index (χ3v) is 4.88. The van der Waals surface area contributed by atoms with Gasteiger partial charge in [0.2, 0.25) is 5.91 Å². The lowest BCUT2D eigenvalue weighted by Crippen LogP contribution is -2.32. The van der Waals surface area contributed by atoms with Crippen LogP contribution in [0.1, 0.15) is 24.5 Å². The molecule has 6 nitrogen and oxygen atoms in total. The molecule has 1 fully saturated rings. The Hall–Kier alpha value is -2.73. The number of aromatic amines is 1. The molecule has 1 saturated heterocycles. The number of pyridine rings is 2. The Balaban J connectivity index is 1.71. The Labute approximate surface area is 145 Å². The van der Waals surface area contributed by atoms with Crippen molar-refractivity contribution >= 4 is 16.8 Å². The number of nitrogens with zero attached hydrogens (tertiary/aromatic N) is 2. The van der Waals surface area contributed by atoms with Crippen LogP contribution < -0.4 is 5.73 Å². The molecule has 1 atom stereocenters. The highest BCUT2D eigenvalue weighted by atomic mass is 16.5. The van der Waals surface area contributed by atoms with Crippen LogP contribution in [0.3, 0.4) is 0 Å². The third kappa shape index (κ3) is 3.13. The lowest BCUT2D eigenvalue weighted by atomic mass is 9.83. The van der Waals surface area contributed by atoms with Crippen molar-refractivity contribution in [3.05, 3.63) is 48.5 Å². The first-order valence-corrected chi connectivity index (χ1v) is 8.48. The minimum Gasteiger partial charge on any atom is -0.381 e. The summed E-state index contributed by atoms with van der Waals surface area (Å²) in [4.78, 5) is 24.1. The van der Waals surface area contributed by atoms with E-state index >= 15 is 0 Å². The van der Waals surface area contributed by atoms with E-state index in [9.17, 15) is 4.79 Å². The van der Waals surface area contributed by atoms with Gasteiger partial charge in [-0.15, -0.1) is 0 Å². The van der Waals surface area contributed by atoms with Crippen LogP contribution in [-0.4, -0.2) is 34.1 Å². The molecule has 0 bridgehead atoms. The largest absolute Gasteiger partial charge is 0.381 e. The molecule has 25 heavy (non-hydrogen) atoms. The van der Waals surface area contributed by atoms with Crippen molar-refractivity contribution in [1.82, 2.24) is 15.0 Å². The lowest BCUT2D eigenvalue weighted by Gasteiger charge is -2.27. The molecule has 3 aromatic heterocycles. The van der Waals surface area contributed by atoms with E-state index in [1.807, 2.05) is 18.2 Å². The zero-order valence-electron chi connectivity index (χ0n) is 13.8. The van der Waals surface area contributed by atoms with Crippen molar-refractivity contribution in [2.75, 3.05) is 13.2 Å². The molecule has 0 aliphatic carbocycles. The topological polar surface area (TPSA) is 93.9 Å².